The van der Waals surface area contributed by atoms with Gasteiger partial charge in [-0.2, -0.15) is 5.26 Å². The van der Waals surface area contributed by atoms with Crippen molar-refractivity contribution in [2.24, 2.45) is 0 Å². The highest BCUT2D eigenvalue weighted by molar-refractivity contribution is 5.46. The maximum absolute atomic E-state index is 9.08. The van der Waals surface area contributed by atoms with Crippen molar-refractivity contribution < 1.29 is 9.47 Å². The third-order valence-corrected chi connectivity index (χ3v) is 2.29. The first-order valence-electron chi connectivity index (χ1n) is 5.71. The van der Waals surface area contributed by atoms with Gasteiger partial charge in [0.25, 0.3) is 0 Å². The molecule has 0 fully saturated rings. The Kier molecular flexibility index (Phi) is 4.92. The van der Waals surface area contributed by atoms with Gasteiger partial charge in [-0.3, -0.25) is 4.98 Å². The fraction of sp³-hybridized carbons (Fsp3) is 0.538. The van der Waals surface area contributed by atoms with E-state index in [1.54, 1.807) is 6.07 Å². The molecule has 1 aromatic heterocycles. The predicted octanol–water partition coefficient (Wildman–Crippen LogP) is 2.37. The van der Waals surface area contributed by atoms with Crippen LogP contribution >= 0.6 is 0 Å². The largest absolute Gasteiger partial charge is 0.487 e. The van der Waals surface area contributed by atoms with E-state index < -0.39 is 0 Å². The second kappa shape index (κ2) is 6.21. The maximum Gasteiger partial charge on any atom is 0.141 e. The first-order chi connectivity index (χ1) is 8.08. The number of ether oxygens (including phenoxy) is 2. The molecule has 4 nitrogen and oxygen atoms in total. The van der Waals surface area contributed by atoms with Crippen LogP contribution in [0.4, 0.5) is 0 Å². The highest BCUT2D eigenvalue weighted by atomic mass is 16.5. The summed E-state index contributed by atoms with van der Waals surface area (Å²) in [4.78, 5) is 4.24. The molecule has 0 saturated heterocycles. The highest BCUT2D eigenvalue weighted by Crippen LogP contribution is 2.22. The van der Waals surface area contributed by atoms with Crippen LogP contribution in [-0.4, -0.2) is 24.3 Å². The van der Waals surface area contributed by atoms with Crippen LogP contribution in [0.1, 0.15) is 30.8 Å². The van der Waals surface area contributed by atoms with E-state index in [2.05, 4.69) is 11.1 Å². The average Bonchev–Trinajstić information content (AvgIpc) is 2.25. The zero-order valence-electron chi connectivity index (χ0n) is 10.8. The summed E-state index contributed by atoms with van der Waals surface area (Å²) in [7, 11) is 0. The van der Waals surface area contributed by atoms with Crippen molar-refractivity contribution in [3.63, 3.8) is 0 Å². The van der Waals surface area contributed by atoms with Crippen LogP contribution in [-0.2, 0) is 4.74 Å². The fourth-order valence-corrected chi connectivity index (χ4v) is 1.56. The van der Waals surface area contributed by atoms with Crippen molar-refractivity contribution >= 4 is 0 Å². The van der Waals surface area contributed by atoms with E-state index in [0.717, 1.165) is 5.69 Å². The van der Waals surface area contributed by atoms with E-state index in [4.69, 9.17) is 14.7 Å². The molecule has 92 valence electrons. The molecule has 0 aliphatic rings. The van der Waals surface area contributed by atoms with Gasteiger partial charge in [0, 0.05) is 18.4 Å². The first kappa shape index (κ1) is 13.5. The SMILES string of the molecule is CCOCC(C)Oc1cc(C)nc(C)c1C#N. The van der Waals surface area contributed by atoms with Gasteiger partial charge < -0.3 is 9.47 Å². The summed E-state index contributed by atoms with van der Waals surface area (Å²) >= 11 is 0. The standard InChI is InChI=1S/C13H18N2O2/c1-5-16-8-10(3)17-13-6-9(2)15-11(4)12(13)7-14/h6,10H,5,8H2,1-4H3. The molecule has 1 rings (SSSR count). The molecule has 0 radical (unpaired) electrons. The Bertz CT molecular complexity index is 424. The topological polar surface area (TPSA) is 55.1 Å². The van der Waals surface area contributed by atoms with E-state index >= 15 is 0 Å². The molecule has 0 N–H and O–H groups in total. The smallest absolute Gasteiger partial charge is 0.141 e. The zero-order valence-corrected chi connectivity index (χ0v) is 10.8. The van der Waals surface area contributed by atoms with Crippen molar-refractivity contribution in [1.82, 2.24) is 4.98 Å². The summed E-state index contributed by atoms with van der Waals surface area (Å²) in [6.07, 6.45) is -0.0803. The third kappa shape index (κ3) is 3.72. The van der Waals surface area contributed by atoms with Crippen LogP contribution in [0.5, 0.6) is 5.75 Å². The van der Waals surface area contributed by atoms with Crippen LogP contribution in [0.2, 0.25) is 0 Å². The van der Waals surface area contributed by atoms with E-state index in [-0.39, 0.29) is 6.10 Å². The predicted molar refractivity (Wildman–Crippen MR) is 65.0 cm³/mol. The Morgan fingerprint density at radius 2 is 2.18 bits per heavy atom. The minimum atomic E-state index is -0.0803. The summed E-state index contributed by atoms with van der Waals surface area (Å²) in [6, 6.07) is 3.91. The Labute approximate surface area is 102 Å². The lowest BCUT2D eigenvalue weighted by atomic mass is 10.2. The maximum atomic E-state index is 9.08. The Hall–Kier alpha value is -1.60. The molecule has 4 heteroatoms. The van der Waals surface area contributed by atoms with E-state index in [1.807, 2.05) is 27.7 Å². The number of nitrogens with zero attached hydrogens (tertiary/aromatic N) is 2. The molecule has 0 saturated carbocycles. The highest BCUT2D eigenvalue weighted by Gasteiger charge is 2.12. The monoisotopic (exact) mass is 234 g/mol. The zero-order chi connectivity index (χ0) is 12.8. The van der Waals surface area contributed by atoms with Crippen molar-refractivity contribution in [3.8, 4) is 11.8 Å². The molecule has 1 aromatic rings. The van der Waals surface area contributed by atoms with Crippen molar-refractivity contribution in [1.29, 1.82) is 5.26 Å². The van der Waals surface area contributed by atoms with E-state index in [0.29, 0.717) is 30.2 Å². The molecule has 0 spiro atoms. The summed E-state index contributed by atoms with van der Waals surface area (Å²) in [5.74, 6) is 0.588. The molecule has 0 aliphatic carbocycles. The van der Waals surface area contributed by atoms with Gasteiger partial charge in [-0.25, -0.2) is 0 Å². The van der Waals surface area contributed by atoms with Gasteiger partial charge in [-0.05, 0) is 27.7 Å². The Morgan fingerprint density at radius 1 is 1.47 bits per heavy atom. The molecule has 0 amide bonds. The van der Waals surface area contributed by atoms with Gasteiger partial charge in [0.15, 0.2) is 0 Å². The van der Waals surface area contributed by atoms with Crippen LogP contribution in [0.3, 0.4) is 0 Å². The summed E-state index contributed by atoms with van der Waals surface area (Å²) < 4.78 is 11.0. The van der Waals surface area contributed by atoms with Crippen LogP contribution in [0, 0.1) is 25.2 Å². The van der Waals surface area contributed by atoms with Crippen molar-refractivity contribution in [2.75, 3.05) is 13.2 Å². The number of pyridine rings is 1. The van der Waals surface area contributed by atoms with E-state index in [9.17, 15) is 0 Å². The quantitative estimate of drug-likeness (QED) is 0.784. The fourth-order valence-electron chi connectivity index (χ4n) is 1.56. The summed E-state index contributed by atoms with van der Waals surface area (Å²) in [6.45, 7) is 8.73. The second-order valence-corrected chi connectivity index (χ2v) is 3.92. The van der Waals surface area contributed by atoms with Crippen LogP contribution < -0.4 is 4.74 Å². The first-order valence-corrected chi connectivity index (χ1v) is 5.71. The number of aryl methyl sites for hydroxylation is 2. The minimum Gasteiger partial charge on any atom is -0.487 e. The lowest BCUT2D eigenvalue weighted by Crippen LogP contribution is -2.20. The number of nitriles is 1. The molecule has 17 heavy (non-hydrogen) atoms. The molecule has 1 heterocycles. The number of hydrogen-bond acceptors (Lipinski definition) is 4. The van der Waals surface area contributed by atoms with Gasteiger partial charge >= 0.3 is 0 Å². The summed E-state index contributed by atoms with van der Waals surface area (Å²) in [5.41, 5.74) is 2.05. The molecule has 0 aromatic carbocycles. The molecule has 1 atom stereocenters. The number of rotatable bonds is 5. The second-order valence-electron chi connectivity index (χ2n) is 3.92. The molecular formula is C13H18N2O2. The molecular weight excluding hydrogens is 216 g/mol. The molecule has 0 aliphatic heterocycles. The van der Waals surface area contributed by atoms with Gasteiger partial charge in [0.2, 0.25) is 0 Å². The van der Waals surface area contributed by atoms with Gasteiger partial charge in [0.05, 0.1) is 12.3 Å². The Morgan fingerprint density at radius 3 is 2.76 bits per heavy atom. The van der Waals surface area contributed by atoms with Gasteiger partial charge in [-0.1, -0.05) is 0 Å². The van der Waals surface area contributed by atoms with Crippen LogP contribution in [0.25, 0.3) is 0 Å². The van der Waals surface area contributed by atoms with Gasteiger partial charge in [-0.15, -0.1) is 0 Å². The van der Waals surface area contributed by atoms with Crippen molar-refractivity contribution in [2.45, 2.75) is 33.8 Å². The van der Waals surface area contributed by atoms with Crippen LogP contribution in [0.15, 0.2) is 6.07 Å². The summed E-state index contributed by atoms with van der Waals surface area (Å²) in [5, 5.41) is 9.08. The Balaban J connectivity index is 2.86. The van der Waals surface area contributed by atoms with E-state index in [1.165, 1.54) is 0 Å². The molecule has 0 bridgehead atoms. The minimum absolute atomic E-state index is 0.0803. The normalized spacial score (nSPS) is 11.9. The van der Waals surface area contributed by atoms with Gasteiger partial charge in [0.1, 0.15) is 23.5 Å². The molecule has 1 unspecified atom stereocenters. The lowest BCUT2D eigenvalue weighted by Gasteiger charge is -2.16. The lowest BCUT2D eigenvalue weighted by molar-refractivity contribution is 0.0654. The van der Waals surface area contributed by atoms with Crippen molar-refractivity contribution in [3.05, 3.63) is 23.0 Å². The number of hydrogen-bond donors (Lipinski definition) is 0. The number of aromatic nitrogens is 1. The average molecular weight is 234 g/mol. The third-order valence-electron chi connectivity index (χ3n) is 2.29.